The highest BCUT2D eigenvalue weighted by Gasteiger charge is 2.42. The summed E-state index contributed by atoms with van der Waals surface area (Å²) in [4.78, 5) is 6.93. The Labute approximate surface area is 98.1 Å². The molecule has 0 amide bonds. The summed E-state index contributed by atoms with van der Waals surface area (Å²) in [6, 6.07) is 1.36. The average molecular weight is 221 g/mol. The van der Waals surface area contributed by atoms with E-state index in [-0.39, 0.29) is 0 Å². The monoisotopic (exact) mass is 221 g/mol. The van der Waals surface area contributed by atoms with Gasteiger partial charge in [-0.3, -0.25) is 4.99 Å². The molecule has 0 radical (unpaired) electrons. The third-order valence-corrected chi connectivity index (χ3v) is 4.52. The van der Waals surface area contributed by atoms with E-state index in [2.05, 4.69) is 16.8 Å². The number of nitrogens with zero attached hydrogens (tertiary/aromatic N) is 2. The van der Waals surface area contributed by atoms with Gasteiger partial charge in [0.1, 0.15) is 0 Å². The van der Waals surface area contributed by atoms with Gasteiger partial charge in [0.05, 0.1) is 12.6 Å². The van der Waals surface area contributed by atoms with Crippen LogP contribution in [0.4, 0.5) is 0 Å². The number of guanidine groups is 1. The Kier molecular flexibility index (Phi) is 2.56. The van der Waals surface area contributed by atoms with Crippen LogP contribution in [0, 0.1) is 11.8 Å². The lowest BCUT2D eigenvalue weighted by molar-refractivity contribution is 0.169. The molecule has 3 unspecified atom stereocenters. The zero-order chi connectivity index (χ0) is 11.1. The minimum atomic E-state index is 0.634. The van der Waals surface area contributed by atoms with Crippen molar-refractivity contribution in [3.63, 3.8) is 0 Å². The molecule has 2 fully saturated rings. The van der Waals surface area contributed by atoms with Gasteiger partial charge in [-0.25, -0.2) is 0 Å². The number of hydrogen-bond donors (Lipinski definition) is 1. The smallest absolute Gasteiger partial charge is 0.191 e. The van der Waals surface area contributed by atoms with Gasteiger partial charge < -0.3 is 10.6 Å². The summed E-state index contributed by atoms with van der Waals surface area (Å²) in [7, 11) is 0. The highest BCUT2D eigenvalue weighted by Crippen LogP contribution is 2.38. The van der Waals surface area contributed by atoms with E-state index in [1.54, 1.807) is 0 Å². The van der Waals surface area contributed by atoms with E-state index in [1.807, 2.05) is 0 Å². The van der Waals surface area contributed by atoms with Gasteiger partial charge in [0, 0.05) is 6.04 Å². The molecule has 0 aromatic rings. The second-order valence-corrected chi connectivity index (χ2v) is 5.94. The van der Waals surface area contributed by atoms with Crippen LogP contribution in [-0.4, -0.2) is 29.5 Å². The third-order valence-electron chi connectivity index (χ3n) is 4.52. The molecular formula is C13H23N3. The topological polar surface area (TPSA) is 41.6 Å². The summed E-state index contributed by atoms with van der Waals surface area (Å²) >= 11 is 0. The maximum absolute atomic E-state index is 6.03. The molecular weight excluding hydrogens is 198 g/mol. The molecule has 2 saturated carbocycles. The van der Waals surface area contributed by atoms with Crippen LogP contribution in [0.3, 0.4) is 0 Å². The lowest BCUT2D eigenvalue weighted by atomic mass is 9.78. The fraction of sp³-hybridized carbons (Fsp3) is 0.923. The van der Waals surface area contributed by atoms with Crippen molar-refractivity contribution >= 4 is 5.96 Å². The van der Waals surface area contributed by atoms with Crippen LogP contribution in [0.15, 0.2) is 4.99 Å². The Hall–Kier alpha value is -0.730. The molecule has 0 bridgehead atoms. The van der Waals surface area contributed by atoms with Gasteiger partial charge in [-0.2, -0.15) is 0 Å². The first-order valence-corrected chi connectivity index (χ1v) is 6.84. The molecule has 3 nitrogen and oxygen atoms in total. The van der Waals surface area contributed by atoms with Crippen molar-refractivity contribution in [3.05, 3.63) is 0 Å². The molecule has 0 saturated heterocycles. The largest absolute Gasteiger partial charge is 0.370 e. The summed E-state index contributed by atoms with van der Waals surface area (Å²) < 4.78 is 0. The minimum Gasteiger partial charge on any atom is -0.370 e. The Bertz CT molecular complexity index is 296. The van der Waals surface area contributed by atoms with Gasteiger partial charge in [0.15, 0.2) is 5.96 Å². The number of nitrogens with two attached hydrogens (primary N) is 1. The normalized spacial score (nSPS) is 39.9. The quantitative estimate of drug-likeness (QED) is 0.774. The van der Waals surface area contributed by atoms with Gasteiger partial charge in [0.2, 0.25) is 0 Å². The molecule has 0 aromatic carbocycles. The molecule has 16 heavy (non-hydrogen) atoms. The van der Waals surface area contributed by atoms with Crippen LogP contribution >= 0.6 is 0 Å². The van der Waals surface area contributed by atoms with Crippen molar-refractivity contribution < 1.29 is 0 Å². The molecule has 2 aliphatic carbocycles. The minimum absolute atomic E-state index is 0.634. The van der Waals surface area contributed by atoms with E-state index in [1.165, 1.54) is 38.5 Å². The first kappa shape index (κ1) is 10.4. The average Bonchev–Trinajstić information content (AvgIpc) is 3.02. The van der Waals surface area contributed by atoms with Gasteiger partial charge >= 0.3 is 0 Å². The first-order chi connectivity index (χ1) is 7.75. The standard InChI is InChI=1S/C13H23N3/c1-9-3-2-4-10(7-9)12-8-15-13(14)16(12)11-5-6-11/h9-12H,2-8H2,1H3,(H2,14,15). The Morgan fingerprint density at radius 2 is 2.06 bits per heavy atom. The Balaban J connectivity index is 1.69. The Morgan fingerprint density at radius 3 is 2.75 bits per heavy atom. The van der Waals surface area contributed by atoms with E-state index in [0.717, 1.165) is 30.4 Å². The summed E-state index contributed by atoms with van der Waals surface area (Å²) in [5, 5.41) is 0. The van der Waals surface area contributed by atoms with E-state index in [4.69, 9.17) is 5.73 Å². The van der Waals surface area contributed by atoms with Crippen molar-refractivity contribution in [2.45, 2.75) is 57.5 Å². The Morgan fingerprint density at radius 1 is 1.25 bits per heavy atom. The SMILES string of the molecule is CC1CCCC(C2CN=C(N)N2C2CC2)C1. The van der Waals surface area contributed by atoms with Crippen LogP contribution < -0.4 is 5.73 Å². The summed E-state index contributed by atoms with van der Waals surface area (Å²) in [5.74, 6) is 2.57. The molecule has 2 N–H and O–H groups in total. The second kappa shape index (κ2) is 3.94. The number of aliphatic imine (C=N–C) groups is 1. The highest BCUT2D eigenvalue weighted by molar-refractivity contribution is 5.80. The number of rotatable bonds is 2. The fourth-order valence-electron chi connectivity index (χ4n) is 3.54. The van der Waals surface area contributed by atoms with Crippen LogP contribution in [0.25, 0.3) is 0 Å². The van der Waals surface area contributed by atoms with Crippen molar-refractivity contribution in [2.24, 2.45) is 22.6 Å². The molecule has 1 heterocycles. The van der Waals surface area contributed by atoms with Gasteiger partial charge in [-0.05, 0) is 37.5 Å². The van der Waals surface area contributed by atoms with Gasteiger partial charge in [-0.1, -0.05) is 19.8 Å². The van der Waals surface area contributed by atoms with Gasteiger partial charge in [-0.15, -0.1) is 0 Å². The zero-order valence-electron chi connectivity index (χ0n) is 10.2. The van der Waals surface area contributed by atoms with E-state index in [9.17, 15) is 0 Å². The lowest BCUT2D eigenvalue weighted by Gasteiger charge is -2.36. The van der Waals surface area contributed by atoms with Crippen LogP contribution in [0.2, 0.25) is 0 Å². The fourth-order valence-corrected chi connectivity index (χ4v) is 3.54. The van der Waals surface area contributed by atoms with Crippen LogP contribution in [0.1, 0.15) is 45.4 Å². The van der Waals surface area contributed by atoms with Crippen molar-refractivity contribution in [3.8, 4) is 0 Å². The maximum atomic E-state index is 6.03. The van der Waals surface area contributed by atoms with E-state index < -0.39 is 0 Å². The second-order valence-electron chi connectivity index (χ2n) is 5.94. The highest BCUT2D eigenvalue weighted by atomic mass is 15.4. The lowest BCUT2D eigenvalue weighted by Crippen LogP contribution is -2.46. The third kappa shape index (κ3) is 1.80. The van der Waals surface area contributed by atoms with Crippen molar-refractivity contribution in [1.82, 2.24) is 4.90 Å². The summed E-state index contributed by atoms with van der Waals surface area (Å²) in [5.41, 5.74) is 6.03. The predicted molar refractivity (Wildman–Crippen MR) is 66.3 cm³/mol. The van der Waals surface area contributed by atoms with Crippen LogP contribution in [0.5, 0.6) is 0 Å². The molecule has 1 aliphatic heterocycles. The summed E-state index contributed by atoms with van der Waals surface area (Å²) in [6.07, 6.45) is 8.26. The molecule has 0 aromatic heterocycles. The molecule has 0 spiro atoms. The first-order valence-electron chi connectivity index (χ1n) is 6.84. The van der Waals surface area contributed by atoms with E-state index in [0.29, 0.717) is 6.04 Å². The maximum Gasteiger partial charge on any atom is 0.191 e. The van der Waals surface area contributed by atoms with Gasteiger partial charge in [0.25, 0.3) is 0 Å². The van der Waals surface area contributed by atoms with Crippen molar-refractivity contribution in [2.75, 3.05) is 6.54 Å². The van der Waals surface area contributed by atoms with Crippen LogP contribution in [-0.2, 0) is 0 Å². The predicted octanol–water partition coefficient (Wildman–Crippen LogP) is 1.97. The molecule has 3 heteroatoms. The summed E-state index contributed by atoms with van der Waals surface area (Å²) in [6.45, 7) is 3.35. The molecule has 3 atom stereocenters. The molecule has 3 aliphatic rings. The molecule has 90 valence electrons. The van der Waals surface area contributed by atoms with Crippen molar-refractivity contribution in [1.29, 1.82) is 0 Å². The van der Waals surface area contributed by atoms with E-state index >= 15 is 0 Å². The molecule has 3 rings (SSSR count). The zero-order valence-corrected chi connectivity index (χ0v) is 10.2. The number of hydrogen-bond acceptors (Lipinski definition) is 3.